The fourth-order valence-corrected chi connectivity index (χ4v) is 3.00. The SMILES string of the molecule is CCC1OCCC1CNCC1CN(CC)CCO1. The summed E-state index contributed by atoms with van der Waals surface area (Å²) in [6.45, 7) is 11.6. The van der Waals surface area contributed by atoms with Gasteiger partial charge in [-0.1, -0.05) is 13.8 Å². The van der Waals surface area contributed by atoms with Gasteiger partial charge in [0.1, 0.15) is 0 Å². The Labute approximate surface area is 111 Å². The predicted molar refractivity (Wildman–Crippen MR) is 72.9 cm³/mol. The average Bonchev–Trinajstić information content (AvgIpc) is 2.86. The van der Waals surface area contributed by atoms with E-state index in [1.165, 1.54) is 6.42 Å². The number of hydrogen-bond donors (Lipinski definition) is 1. The molecule has 18 heavy (non-hydrogen) atoms. The molecule has 106 valence electrons. The first-order valence-corrected chi connectivity index (χ1v) is 7.49. The molecule has 4 nitrogen and oxygen atoms in total. The van der Waals surface area contributed by atoms with Crippen LogP contribution in [0.5, 0.6) is 0 Å². The maximum atomic E-state index is 5.79. The van der Waals surface area contributed by atoms with Crippen LogP contribution in [-0.4, -0.2) is 63.0 Å². The first kappa shape index (κ1) is 14.3. The van der Waals surface area contributed by atoms with Gasteiger partial charge in [-0.2, -0.15) is 0 Å². The maximum absolute atomic E-state index is 5.79. The molecule has 2 rings (SSSR count). The zero-order valence-electron chi connectivity index (χ0n) is 11.9. The molecule has 0 amide bonds. The Morgan fingerprint density at radius 3 is 2.83 bits per heavy atom. The third-order valence-corrected chi connectivity index (χ3v) is 4.20. The van der Waals surface area contributed by atoms with Crippen LogP contribution in [0.3, 0.4) is 0 Å². The molecular formula is C14H28N2O2. The summed E-state index contributed by atoms with van der Waals surface area (Å²) in [5.74, 6) is 0.695. The van der Waals surface area contributed by atoms with Gasteiger partial charge in [-0.15, -0.1) is 0 Å². The van der Waals surface area contributed by atoms with Crippen molar-refractivity contribution in [3.63, 3.8) is 0 Å². The summed E-state index contributed by atoms with van der Waals surface area (Å²) < 4.78 is 11.5. The molecule has 0 aromatic rings. The van der Waals surface area contributed by atoms with Gasteiger partial charge in [-0.05, 0) is 25.3 Å². The van der Waals surface area contributed by atoms with E-state index in [1.807, 2.05) is 0 Å². The standard InChI is InChI=1S/C14H28N2O2/c1-3-14-12(5-7-18-14)9-15-10-13-11-16(4-2)6-8-17-13/h12-15H,3-11H2,1-2H3. The average molecular weight is 256 g/mol. The fourth-order valence-electron chi connectivity index (χ4n) is 3.00. The van der Waals surface area contributed by atoms with E-state index in [0.717, 1.165) is 52.4 Å². The summed E-state index contributed by atoms with van der Waals surface area (Å²) in [6.07, 6.45) is 3.17. The minimum absolute atomic E-state index is 0.362. The molecular weight excluding hydrogens is 228 g/mol. The van der Waals surface area contributed by atoms with Crippen molar-refractivity contribution in [2.24, 2.45) is 5.92 Å². The molecule has 3 unspecified atom stereocenters. The van der Waals surface area contributed by atoms with Crippen molar-refractivity contribution >= 4 is 0 Å². The number of hydrogen-bond acceptors (Lipinski definition) is 4. The van der Waals surface area contributed by atoms with E-state index in [2.05, 4.69) is 24.1 Å². The van der Waals surface area contributed by atoms with Crippen molar-refractivity contribution in [3.8, 4) is 0 Å². The quantitative estimate of drug-likeness (QED) is 0.772. The Morgan fingerprint density at radius 1 is 1.17 bits per heavy atom. The van der Waals surface area contributed by atoms with Crippen LogP contribution in [0, 0.1) is 5.92 Å². The van der Waals surface area contributed by atoms with Crippen LogP contribution < -0.4 is 5.32 Å². The van der Waals surface area contributed by atoms with Crippen LogP contribution in [0.4, 0.5) is 0 Å². The van der Waals surface area contributed by atoms with E-state index in [0.29, 0.717) is 18.1 Å². The van der Waals surface area contributed by atoms with Crippen LogP contribution in [0.15, 0.2) is 0 Å². The lowest BCUT2D eigenvalue weighted by atomic mass is 10.00. The highest BCUT2D eigenvalue weighted by molar-refractivity contribution is 4.79. The molecule has 0 aromatic heterocycles. The Morgan fingerprint density at radius 2 is 2.06 bits per heavy atom. The molecule has 0 bridgehead atoms. The van der Waals surface area contributed by atoms with Gasteiger partial charge >= 0.3 is 0 Å². The maximum Gasteiger partial charge on any atom is 0.0826 e. The first-order chi connectivity index (χ1) is 8.83. The molecule has 2 aliphatic rings. The second-order valence-electron chi connectivity index (χ2n) is 5.41. The van der Waals surface area contributed by atoms with E-state index in [4.69, 9.17) is 9.47 Å². The zero-order chi connectivity index (χ0) is 12.8. The second kappa shape index (κ2) is 7.43. The molecule has 2 heterocycles. The van der Waals surface area contributed by atoms with Crippen molar-refractivity contribution in [1.29, 1.82) is 0 Å². The summed E-state index contributed by atoms with van der Waals surface area (Å²) in [6, 6.07) is 0. The molecule has 0 spiro atoms. The molecule has 0 aromatic carbocycles. The predicted octanol–water partition coefficient (Wildman–Crippen LogP) is 1.11. The lowest BCUT2D eigenvalue weighted by molar-refractivity contribution is -0.0258. The van der Waals surface area contributed by atoms with Gasteiger partial charge in [-0.3, -0.25) is 4.90 Å². The number of rotatable bonds is 6. The molecule has 0 radical (unpaired) electrons. The smallest absolute Gasteiger partial charge is 0.0826 e. The molecule has 2 aliphatic heterocycles. The van der Waals surface area contributed by atoms with Gasteiger partial charge in [0.25, 0.3) is 0 Å². The van der Waals surface area contributed by atoms with Crippen LogP contribution >= 0.6 is 0 Å². The van der Waals surface area contributed by atoms with E-state index in [1.54, 1.807) is 0 Å². The Kier molecular flexibility index (Phi) is 5.89. The van der Waals surface area contributed by atoms with Crippen molar-refractivity contribution < 1.29 is 9.47 Å². The van der Waals surface area contributed by atoms with Gasteiger partial charge in [0, 0.05) is 32.8 Å². The van der Waals surface area contributed by atoms with Gasteiger partial charge in [-0.25, -0.2) is 0 Å². The third kappa shape index (κ3) is 3.92. The van der Waals surface area contributed by atoms with Gasteiger partial charge < -0.3 is 14.8 Å². The topological polar surface area (TPSA) is 33.7 Å². The number of nitrogens with zero attached hydrogens (tertiary/aromatic N) is 1. The monoisotopic (exact) mass is 256 g/mol. The highest BCUT2D eigenvalue weighted by Gasteiger charge is 2.26. The highest BCUT2D eigenvalue weighted by atomic mass is 16.5. The molecule has 2 fully saturated rings. The van der Waals surface area contributed by atoms with E-state index >= 15 is 0 Å². The summed E-state index contributed by atoms with van der Waals surface area (Å²) in [4.78, 5) is 2.46. The lowest BCUT2D eigenvalue weighted by Crippen LogP contribution is -2.47. The third-order valence-electron chi connectivity index (χ3n) is 4.20. The Bertz CT molecular complexity index is 238. The summed E-state index contributed by atoms with van der Waals surface area (Å²) in [5.41, 5.74) is 0. The number of nitrogens with one attached hydrogen (secondary N) is 1. The van der Waals surface area contributed by atoms with Crippen LogP contribution in [0.2, 0.25) is 0 Å². The Hall–Kier alpha value is -0.160. The van der Waals surface area contributed by atoms with E-state index in [9.17, 15) is 0 Å². The summed E-state index contributed by atoms with van der Waals surface area (Å²) in [7, 11) is 0. The molecule has 3 atom stereocenters. The van der Waals surface area contributed by atoms with E-state index < -0.39 is 0 Å². The van der Waals surface area contributed by atoms with Crippen molar-refractivity contribution in [1.82, 2.24) is 10.2 Å². The van der Waals surface area contributed by atoms with Crippen LogP contribution in [0.25, 0.3) is 0 Å². The van der Waals surface area contributed by atoms with Gasteiger partial charge in [0.05, 0.1) is 18.8 Å². The van der Waals surface area contributed by atoms with Crippen molar-refractivity contribution in [3.05, 3.63) is 0 Å². The summed E-state index contributed by atoms with van der Waals surface area (Å²) in [5, 5.41) is 3.57. The van der Waals surface area contributed by atoms with Crippen LogP contribution in [-0.2, 0) is 9.47 Å². The first-order valence-electron chi connectivity index (χ1n) is 7.49. The van der Waals surface area contributed by atoms with Crippen molar-refractivity contribution in [2.45, 2.75) is 38.9 Å². The minimum atomic E-state index is 0.362. The second-order valence-corrected chi connectivity index (χ2v) is 5.41. The number of morpholine rings is 1. The molecule has 4 heteroatoms. The molecule has 0 aliphatic carbocycles. The van der Waals surface area contributed by atoms with Crippen LogP contribution in [0.1, 0.15) is 26.7 Å². The minimum Gasteiger partial charge on any atom is -0.378 e. The number of likely N-dealkylation sites (N-methyl/N-ethyl adjacent to an activating group) is 1. The lowest BCUT2D eigenvalue weighted by Gasteiger charge is -2.32. The fraction of sp³-hybridized carbons (Fsp3) is 1.00. The molecule has 0 saturated carbocycles. The zero-order valence-corrected chi connectivity index (χ0v) is 11.9. The van der Waals surface area contributed by atoms with Crippen molar-refractivity contribution in [2.75, 3.05) is 45.9 Å². The molecule has 2 saturated heterocycles. The molecule has 1 N–H and O–H groups in total. The van der Waals surface area contributed by atoms with E-state index in [-0.39, 0.29) is 0 Å². The van der Waals surface area contributed by atoms with Gasteiger partial charge in [0.15, 0.2) is 0 Å². The Balaban J connectivity index is 1.62. The highest BCUT2D eigenvalue weighted by Crippen LogP contribution is 2.22. The summed E-state index contributed by atoms with van der Waals surface area (Å²) >= 11 is 0. The largest absolute Gasteiger partial charge is 0.378 e. The normalized spacial score (nSPS) is 34.0. The van der Waals surface area contributed by atoms with Gasteiger partial charge in [0.2, 0.25) is 0 Å². The number of ether oxygens (including phenoxy) is 2.